The first kappa shape index (κ1) is 18.5. The van der Waals surface area contributed by atoms with Crippen LogP contribution in [0.3, 0.4) is 0 Å². The topological polar surface area (TPSA) is 103 Å². The first-order valence-electron chi connectivity index (χ1n) is 7.86. The Labute approximate surface area is 158 Å². The predicted molar refractivity (Wildman–Crippen MR) is 99.9 cm³/mol. The highest BCUT2D eigenvalue weighted by atomic mass is 32.1. The molecule has 0 unspecified atom stereocenters. The minimum absolute atomic E-state index is 0.0354. The molecule has 0 fully saturated rings. The van der Waals surface area contributed by atoms with E-state index in [9.17, 15) is 19.7 Å². The molecule has 0 aliphatic rings. The zero-order valence-electron chi connectivity index (χ0n) is 14.5. The molecule has 8 nitrogen and oxygen atoms in total. The molecule has 0 atom stereocenters. The predicted octanol–water partition coefficient (Wildman–Crippen LogP) is 3.26. The zero-order valence-corrected chi connectivity index (χ0v) is 15.4. The first-order valence-corrected chi connectivity index (χ1v) is 8.68. The molecular weight excluding hydrogens is 370 g/mol. The summed E-state index contributed by atoms with van der Waals surface area (Å²) in [6, 6.07) is 11.1. The molecule has 1 aromatic heterocycles. The Balaban J connectivity index is 1.88. The molecular formula is C18H15N3O5S. The number of carbonyl (C=O) groups excluding carboxylic acids is 2. The number of methoxy groups -OCH3 is 1. The average molecular weight is 385 g/mol. The van der Waals surface area contributed by atoms with Crippen molar-refractivity contribution in [3.05, 3.63) is 68.7 Å². The van der Waals surface area contributed by atoms with Gasteiger partial charge in [0, 0.05) is 24.7 Å². The fourth-order valence-electron chi connectivity index (χ4n) is 2.56. The van der Waals surface area contributed by atoms with Gasteiger partial charge < -0.3 is 9.64 Å². The second kappa shape index (κ2) is 7.50. The second-order valence-electron chi connectivity index (χ2n) is 5.75. The van der Waals surface area contributed by atoms with Crippen LogP contribution < -0.4 is 0 Å². The Bertz CT molecular complexity index is 1010. The molecule has 0 aliphatic carbocycles. The second-order valence-corrected chi connectivity index (χ2v) is 6.87. The molecule has 27 heavy (non-hydrogen) atoms. The Morgan fingerprint density at radius 2 is 1.93 bits per heavy atom. The maximum absolute atomic E-state index is 12.7. The lowest BCUT2D eigenvalue weighted by Crippen LogP contribution is -2.26. The summed E-state index contributed by atoms with van der Waals surface area (Å²) in [5, 5.41) is 11.9. The van der Waals surface area contributed by atoms with Gasteiger partial charge in [-0.3, -0.25) is 14.9 Å². The van der Waals surface area contributed by atoms with E-state index in [2.05, 4.69) is 9.72 Å². The third-order valence-electron chi connectivity index (χ3n) is 3.85. The van der Waals surface area contributed by atoms with Gasteiger partial charge in [-0.1, -0.05) is 12.1 Å². The summed E-state index contributed by atoms with van der Waals surface area (Å²) < 4.78 is 5.61. The summed E-state index contributed by atoms with van der Waals surface area (Å²) in [5.41, 5.74) is 0.480. The molecule has 138 valence electrons. The molecule has 0 N–H and O–H groups in total. The van der Waals surface area contributed by atoms with Crippen LogP contribution in [-0.4, -0.2) is 40.8 Å². The van der Waals surface area contributed by atoms with Crippen LogP contribution in [0.25, 0.3) is 10.2 Å². The lowest BCUT2D eigenvalue weighted by Gasteiger charge is -2.16. The van der Waals surface area contributed by atoms with Gasteiger partial charge in [-0.05, 0) is 18.2 Å². The van der Waals surface area contributed by atoms with Crippen molar-refractivity contribution in [2.75, 3.05) is 14.2 Å². The highest BCUT2D eigenvalue weighted by Crippen LogP contribution is 2.24. The fraction of sp³-hybridized carbons (Fsp3) is 0.167. The highest BCUT2D eigenvalue weighted by Gasteiger charge is 2.21. The van der Waals surface area contributed by atoms with Gasteiger partial charge >= 0.3 is 5.97 Å². The van der Waals surface area contributed by atoms with E-state index in [1.807, 2.05) is 24.3 Å². The summed E-state index contributed by atoms with van der Waals surface area (Å²) in [6.45, 7) is 0.244. The van der Waals surface area contributed by atoms with Gasteiger partial charge in [-0.25, -0.2) is 9.78 Å². The molecule has 0 saturated carbocycles. The number of fused-ring (bicyclic) bond motifs is 1. The number of para-hydroxylation sites is 1. The Morgan fingerprint density at radius 1 is 1.22 bits per heavy atom. The number of aromatic nitrogens is 1. The zero-order chi connectivity index (χ0) is 19.6. The summed E-state index contributed by atoms with van der Waals surface area (Å²) in [5.74, 6) is -1.20. The number of hydrogen-bond donors (Lipinski definition) is 0. The number of esters is 1. The summed E-state index contributed by atoms with van der Waals surface area (Å²) >= 11 is 1.47. The highest BCUT2D eigenvalue weighted by molar-refractivity contribution is 7.18. The number of nitro benzene ring substituents is 1. The lowest BCUT2D eigenvalue weighted by molar-refractivity contribution is -0.384. The molecule has 9 heteroatoms. The van der Waals surface area contributed by atoms with E-state index < -0.39 is 16.8 Å². The summed E-state index contributed by atoms with van der Waals surface area (Å²) in [4.78, 5) is 40.8. The van der Waals surface area contributed by atoms with Gasteiger partial charge in [0.05, 0.1) is 34.4 Å². The van der Waals surface area contributed by atoms with Crippen molar-refractivity contribution < 1.29 is 19.2 Å². The van der Waals surface area contributed by atoms with Gasteiger partial charge in [0.25, 0.3) is 11.6 Å². The third-order valence-corrected chi connectivity index (χ3v) is 4.88. The van der Waals surface area contributed by atoms with Crippen LogP contribution in [0.1, 0.15) is 25.7 Å². The van der Waals surface area contributed by atoms with Gasteiger partial charge in [0.2, 0.25) is 0 Å². The van der Waals surface area contributed by atoms with Gasteiger partial charge in [-0.2, -0.15) is 0 Å². The van der Waals surface area contributed by atoms with Crippen molar-refractivity contribution in [2.45, 2.75) is 6.54 Å². The fourth-order valence-corrected chi connectivity index (χ4v) is 3.58. The van der Waals surface area contributed by atoms with Crippen LogP contribution in [0.2, 0.25) is 0 Å². The Kier molecular flexibility index (Phi) is 5.13. The van der Waals surface area contributed by atoms with Gasteiger partial charge in [-0.15, -0.1) is 11.3 Å². The first-order chi connectivity index (χ1) is 12.9. The molecule has 3 rings (SSSR count). The Hall–Kier alpha value is -3.33. The number of hydrogen-bond acceptors (Lipinski definition) is 7. The van der Waals surface area contributed by atoms with E-state index in [1.165, 1.54) is 29.4 Å². The van der Waals surface area contributed by atoms with Crippen molar-refractivity contribution >= 4 is 39.1 Å². The molecule has 3 aromatic rings. The number of amides is 1. The molecule has 1 heterocycles. The van der Waals surface area contributed by atoms with E-state index in [0.29, 0.717) is 0 Å². The maximum atomic E-state index is 12.7. The summed E-state index contributed by atoms with van der Waals surface area (Å²) in [7, 11) is 2.74. The Morgan fingerprint density at radius 3 is 2.59 bits per heavy atom. The van der Waals surface area contributed by atoms with E-state index in [1.54, 1.807) is 7.05 Å². The van der Waals surface area contributed by atoms with E-state index in [0.717, 1.165) is 27.4 Å². The minimum atomic E-state index is -0.749. The monoisotopic (exact) mass is 385 g/mol. The van der Waals surface area contributed by atoms with E-state index in [-0.39, 0.29) is 23.4 Å². The number of rotatable bonds is 5. The van der Waals surface area contributed by atoms with E-state index >= 15 is 0 Å². The van der Waals surface area contributed by atoms with Crippen LogP contribution in [0.5, 0.6) is 0 Å². The van der Waals surface area contributed by atoms with E-state index in [4.69, 9.17) is 0 Å². The number of carbonyl (C=O) groups is 2. The molecule has 0 saturated heterocycles. The van der Waals surface area contributed by atoms with Crippen LogP contribution in [0.4, 0.5) is 5.69 Å². The van der Waals surface area contributed by atoms with Crippen molar-refractivity contribution in [3.63, 3.8) is 0 Å². The molecule has 0 bridgehead atoms. The lowest BCUT2D eigenvalue weighted by atomic mass is 10.1. The standard InChI is InChI=1S/C18H15N3O5S/c1-20(10-16-19-14-5-3-4-6-15(14)27-16)17(22)11-7-12(18(23)26-2)9-13(8-11)21(24)25/h3-9H,10H2,1-2H3. The largest absolute Gasteiger partial charge is 0.465 e. The minimum Gasteiger partial charge on any atom is -0.465 e. The maximum Gasteiger partial charge on any atom is 0.338 e. The molecule has 1 amide bonds. The molecule has 2 aromatic carbocycles. The number of non-ortho nitro benzene ring substituents is 1. The molecule has 0 radical (unpaired) electrons. The molecule has 0 aliphatic heterocycles. The smallest absolute Gasteiger partial charge is 0.338 e. The van der Waals surface area contributed by atoms with Crippen molar-refractivity contribution in [3.8, 4) is 0 Å². The average Bonchev–Trinajstić information content (AvgIpc) is 3.08. The third kappa shape index (κ3) is 3.93. The number of thiazole rings is 1. The van der Waals surface area contributed by atoms with Crippen molar-refractivity contribution in [1.29, 1.82) is 0 Å². The number of ether oxygens (including phenoxy) is 1. The number of nitro groups is 1. The quantitative estimate of drug-likeness (QED) is 0.379. The van der Waals surface area contributed by atoms with Gasteiger partial charge in [0.15, 0.2) is 0 Å². The number of benzene rings is 2. The van der Waals surface area contributed by atoms with Crippen LogP contribution >= 0.6 is 11.3 Å². The van der Waals surface area contributed by atoms with Crippen molar-refractivity contribution in [1.82, 2.24) is 9.88 Å². The van der Waals surface area contributed by atoms with Crippen molar-refractivity contribution in [2.24, 2.45) is 0 Å². The van der Waals surface area contributed by atoms with Crippen LogP contribution in [0, 0.1) is 10.1 Å². The van der Waals surface area contributed by atoms with Gasteiger partial charge in [0.1, 0.15) is 5.01 Å². The number of nitrogens with zero attached hydrogens (tertiary/aromatic N) is 3. The normalized spacial score (nSPS) is 10.6. The van der Waals surface area contributed by atoms with Crippen LogP contribution in [0.15, 0.2) is 42.5 Å². The molecule has 0 spiro atoms. The summed E-state index contributed by atoms with van der Waals surface area (Å²) in [6.07, 6.45) is 0. The van der Waals surface area contributed by atoms with Crippen LogP contribution in [-0.2, 0) is 11.3 Å². The SMILES string of the molecule is COC(=O)c1cc(C(=O)N(C)Cc2nc3ccccc3s2)cc([N+](=O)[O-])c1.